The van der Waals surface area contributed by atoms with Crippen LogP contribution < -0.4 is 4.74 Å². The molecular weight excluding hydrogens is 352 g/mol. The Kier molecular flexibility index (Phi) is 4.16. The van der Waals surface area contributed by atoms with Gasteiger partial charge in [-0.3, -0.25) is 9.20 Å². The summed E-state index contributed by atoms with van der Waals surface area (Å²) in [6, 6.07) is 19.7. The van der Waals surface area contributed by atoms with Gasteiger partial charge in [-0.25, -0.2) is 0 Å². The largest absolute Gasteiger partial charge is 0.484 e. The second-order valence-corrected chi connectivity index (χ2v) is 7.03. The number of likely N-dealkylation sites (tertiary alicyclic amines) is 1. The molecule has 6 heteroatoms. The van der Waals surface area contributed by atoms with E-state index in [2.05, 4.69) is 16.3 Å². The summed E-state index contributed by atoms with van der Waals surface area (Å²) in [6.45, 7) is 0.734. The second kappa shape index (κ2) is 6.96. The fourth-order valence-electron chi connectivity index (χ4n) is 3.91. The zero-order valence-corrected chi connectivity index (χ0v) is 15.4. The molecule has 1 aliphatic heterocycles. The minimum atomic E-state index is -0.0647. The lowest BCUT2D eigenvalue weighted by molar-refractivity contribution is -0.134. The number of aromatic nitrogens is 3. The number of carbonyl (C=O) groups is 1. The van der Waals surface area contributed by atoms with E-state index in [1.165, 1.54) is 0 Å². The highest BCUT2D eigenvalue weighted by atomic mass is 16.5. The van der Waals surface area contributed by atoms with Gasteiger partial charge in [0.2, 0.25) is 0 Å². The third-order valence-electron chi connectivity index (χ3n) is 5.29. The number of carbonyl (C=O) groups excluding carboxylic acids is 1. The van der Waals surface area contributed by atoms with Crippen LogP contribution in [0.15, 0.2) is 66.9 Å². The maximum Gasteiger partial charge on any atom is 0.261 e. The van der Waals surface area contributed by atoms with Crippen molar-refractivity contribution in [2.75, 3.05) is 13.2 Å². The van der Waals surface area contributed by atoms with Crippen LogP contribution in [-0.2, 0) is 4.79 Å². The number of pyridine rings is 1. The van der Waals surface area contributed by atoms with Gasteiger partial charge >= 0.3 is 0 Å². The molecule has 1 saturated heterocycles. The van der Waals surface area contributed by atoms with Gasteiger partial charge in [-0.2, -0.15) is 0 Å². The Bertz CT molecular complexity index is 1150. The quantitative estimate of drug-likeness (QED) is 0.549. The average Bonchev–Trinajstić information content (AvgIpc) is 3.38. The van der Waals surface area contributed by atoms with E-state index in [4.69, 9.17) is 4.74 Å². The van der Waals surface area contributed by atoms with Crippen LogP contribution in [-0.4, -0.2) is 38.6 Å². The summed E-state index contributed by atoms with van der Waals surface area (Å²) >= 11 is 0. The average molecular weight is 372 g/mol. The normalized spacial score (nSPS) is 16.7. The predicted octanol–water partition coefficient (Wildman–Crippen LogP) is 3.63. The Morgan fingerprint density at radius 1 is 1.04 bits per heavy atom. The predicted molar refractivity (Wildman–Crippen MR) is 106 cm³/mol. The van der Waals surface area contributed by atoms with Crippen molar-refractivity contribution in [1.29, 1.82) is 0 Å². The monoisotopic (exact) mass is 372 g/mol. The molecule has 4 aromatic rings. The first kappa shape index (κ1) is 16.7. The van der Waals surface area contributed by atoms with Crippen molar-refractivity contribution in [3.8, 4) is 5.75 Å². The number of ether oxygens (including phenoxy) is 1. The molecule has 1 fully saturated rings. The third kappa shape index (κ3) is 2.97. The fraction of sp³-hybridized carbons (Fsp3) is 0.227. The topological polar surface area (TPSA) is 59.7 Å². The van der Waals surface area contributed by atoms with Gasteiger partial charge in [-0.1, -0.05) is 36.4 Å². The van der Waals surface area contributed by atoms with Gasteiger partial charge in [0.15, 0.2) is 18.1 Å². The van der Waals surface area contributed by atoms with Crippen molar-refractivity contribution in [1.82, 2.24) is 19.5 Å². The molecule has 2 aromatic heterocycles. The number of amides is 1. The smallest absolute Gasteiger partial charge is 0.261 e. The molecule has 1 amide bonds. The first-order valence-corrected chi connectivity index (χ1v) is 9.50. The van der Waals surface area contributed by atoms with Crippen molar-refractivity contribution < 1.29 is 9.53 Å². The number of benzene rings is 2. The van der Waals surface area contributed by atoms with Crippen molar-refractivity contribution in [3.05, 3.63) is 72.7 Å². The van der Waals surface area contributed by atoms with Gasteiger partial charge in [0, 0.05) is 12.7 Å². The molecule has 6 nitrogen and oxygen atoms in total. The van der Waals surface area contributed by atoms with Crippen LogP contribution in [0.1, 0.15) is 24.7 Å². The minimum absolute atomic E-state index is 0.0194. The summed E-state index contributed by atoms with van der Waals surface area (Å²) in [4.78, 5) is 14.7. The highest BCUT2D eigenvalue weighted by Crippen LogP contribution is 2.31. The Labute approximate surface area is 162 Å². The number of hydrogen-bond acceptors (Lipinski definition) is 4. The van der Waals surface area contributed by atoms with E-state index >= 15 is 0 Å². The molecule has 0 N–H and O–H groups in total. The van der Waals surface area contributed by atoms with Gasteiger partial charge < -0.3 is 9.64 Å². The molecule has 2 aromatic carbocycles. The van der Waals surface area contributed by atoms with E-state index in [9.17, 15) is 4.79 Å². The molecule has 1 unspecified atom stereocenters. The van der Waals surface area contributed by atoms with Crippen LogP contribution in [0, 0.1) is 0 Å². The number of fused-ring (bicyclic) bond motifs is 2. The van der Waals surface area contributed by atoms with Crippen molar-refractivity contribution in [2.24, 2.45) is 0 Å². The van der Waals surface area contributed by atoms with Gasteiger partial charge in [0.1, 0.15) is 5.75 Å². The molecule has 140 valence electrons. The summed E-state index contributed by atoms with van der Waals surface area (Å²) in [5.41, 5.74) is 0.796. The molecule has 0 bridgehead atoms. The lowest BCUT2D eigenvalue weighted by atomic mass is 10.1. The van der Waals surface area contributed by atoms with Crippen LogP contribution in [0.4, 0.5) is 0 Å². The lowest BCUT2D eigenvalue weighted by Crippen LogP contribution is -2.35. The molecule has 1 atom stereocenters. The molecular formula is C22H20N4O2. The Morgan fingerprint density at radius 2 is 1.89 bits per heavy atom. The van der Waals surface area contributed by atoms with E-state index in [1.54, 1.807) is 0 Å². The molecule has 5 rings (SSSR count). The van der Waals surface area contributed by atoms with Crippen LogP contribution in [0.25, 0.3) is 16.4 Å². The molecule has 0 aliphatic carbocycles. The zero-order valence-electron chi connectivity index (χ0n) is 15.4. The van der Waals surface area contributed by atoms with Crippen LogP contribution in [0.2, 0.25) is 0 Å². The minimum Gasteiger partial charge on any atom is -0.484 e. The maximum atomic E-state index is 12.9. The van der Waals surface area contributed by atoms with Crippen LogP contribution >= 0.6 is 0 Å². The summed E-state index contributed by atoms with van der Waals surface area (Å²) in [7, 11) is 0. The zero-order chi connectivity index (χ0) is 18.9. The van der Waals surface area contributed by atoms with Crippen LogP contribution in [0.5, 0.6) is 5.75 Å². The summed E-state index contributed by atoms with van der Waals surface area (Å²) in [6.07, 6.45) is 3.78. The first-order chi connectivity index (χ1) is 13.8. The maximum absolute atomic E-state index is 12.9. The van der Waals surface area contributed by atoms with Crippen LogP contribution in [0.3, 0.4) is 0 Å². The fourth-order valence-corrected chi connectivity index (χ4v) is 3.91. The van der Waals surface area contributed by atoms with Crippen molar-refractivity contribution in [3.63, 3.8) is 0 Å². The number of hydrogen-bond donors (Lipinski definition) is 0. The highest BCUT2D eigenvalue weighted by Gasteiger charge is 2.33. The highest BCUT2D eigenvalue weighted by molar-refractivity contribution is 5.84. The number of rotatable bonds is 4. The van der Waals surface area contributed by atoms with E-state index < -0.39 is 0 Å². The van der Waals surface area contributed by atoms with E-state index in [0.717, 1.165) is 35.1 Å². The van der Waals surface area contributed by atoms with Gasteiger partial charge in [-0.15, -0.1) is 10.2 Å². The first-order valence-electron chi connectivity index (χ1n) is 9.50. The molecule has 1 aliphatic rings. The Balaban J connectivity index is 1.32. The molecule has 0 radical (unpaired) electrons. The van der Waals surface area contributed by atoms with E-state index in [0.29, 0.717) is 12.3 Å². The molecule has 0 saturated carbocycles. The third-order valence-corrected chi connectivity index (χ3v) is 5.29. The molecule has 3 heterocycles. The Hall–Kier alpha value is -3.41. The van der Waals surface area contributed by atoms with Crippen molar-refractivity contribution >= 4 is 22.3 Å². The standard InChI is InChI=1S/C22H20N4O2/c27-21(15-28-18-11-10-16-6-1-2-7-17(16)14-18)25-13-5-8-19(25)22-24-23-20-9-3-4-12-26(20)22/h1-4,6-7,9-12,14,19H,5,8,13,15H2. The SMILES string of the molecule is O=C(COc1ccc2ccccc2c1)N1CCCC1c1nnc2ccccn12. The summed E-state index contributed by atoms with van der Waals surface area (Å²) in [5, 5.41) is 10.8. The molecule has 28 heavy (non-hydrogen) atoms. The van der Waals surface area contributed by atoms with Gasteiger partial charge in [0.05, 0.1) is 6.04 Å². The van der Waals surface area contributed by atoms with Gasteiger partial charge in [0.25, 0.3) is 5.91 Å². The van der Waals surface area contributed by atoms with Gasteiger partial charge in [-0.05, 0) is 47.9 Å². The molecule has 0 spiro atoms. The Morgan fingerprint density at radius 3 is 2.82 bits per heavy atom. The lowest BCUT2D eigenvalue weighted by Gasteiger charge is -2.23. The van der Waals surface area contributed by atoms with Crippen molar-refractivity contribution in [2.45, 2.75) is 18.9 Å². The summed E-state index contributed by atoms with van der Waals surface area (Å²) in [5.74, 6) is 1.49. The second-order valence-electron chi connectivity index (χ2n) is 7.03. The summed E-state index contributed by atoms with van der Waals surface area (Å²) < 4.78 is 7.77. The van der Waals surface area contributed by atoms with E-state index in [1.807, 2.05) is 70.1 Å². The number of nitrogens with zero attached hydrogens (tertiary/aromatic N) is 4. The van der Waals surface area contributed by atoms with E-state index in [-0.39, 0.29) is 18.6 Å².